The molecule has 0 spiro atoms. The van der Waals surface area contributed by atoms with E-state index >= 15 is 0 Å². The van der Waals surface area contributed by atoms with Gasteiger partial charge in [-0.2, -0.15) is 5.26 Å². The third-order valence-corrected chi connectivity index (χ3v) is 3.15. The van der Waals surface area contributed by atoms with Gasteiger partial charge in [0.2, 0.25) is 0 Å². The molecule has 0 radical (unpaired) electrons. The number of hydrogen-bond donors (Lipinski definition) is 0. The van der Waals surface area contributed by atoms with Crippen LogP contribution in [-0.4, -0.2) is 48.6 Å². The standard InChI is InChI=1S/C12H21N3/c1-4-8-15-11(2)6-9-14(3)10-12(15)5-7-13/h4,11-12H,1,5-6,8-10H2,2-3H3. The fourth-order valence-corrected chi connectivity index (χ4v) is 2.25. The van der Waals surface area contributed by atoms with E-state index in [0.717, 1.165) is 19.6 Å². The van der Waals surface area contributed by atoms with Crippen LogP contribution >= 0.6 is 0 Å². The molecule has 0 aromatic carbocycles. The molecule has 0 amide bonds. The molecule has 2 unspecified atom stereocenters. The molecule has 3 nitrogen and oxygen atoms in total. The summed E-state index contributed by atoms with van der Waals surface area (Å²) >= 11 is 0. The summed E-state index contributed by atoms with van der Waals surface area (Å²) in [5.74, 6) is 0. The fourth-order valence-electron chi connectivity index (χ4n) is 2.25. The fraction of sp³-hybridized carbons (Fsp3) is 0.750. The van der Waals surface area contributed by atoms with E-state index in [2.05, 4.69) is 36.4 Å². The normalized spacial score (nSPS) is 29.4. The molecule has 2 atom stereocenters. The van der Waals surface area contributed by atoms with Gasteiger partial charge in [-0.05, 0) is 26.9 Å². The van der Waals surface area contributed by atoms with Gasteiger partial charge < -0.3 is 4.90 Å². The molecule has 0 aromatic heterocycles. The summed E-state index contributed by atoms with van der Waals surface area (Å²) in [6, 6.07) is 3.20. The molecule has 0 aliphatic carbocycles. The molecule has 0 saturated carbocycles. The van der Waals surface area contributed by atoms with Crippen molar-refractivity contribution < 1.29 is 0 Å². The first-order valence-corrected chi connectivity index (χ1v) is 5.61. The van der Waals surface area contributed by atoms with Crippen LogP contribution in [0.25, 0.3) is 0 Å². The molecule has 0 aromatic rings. The summed E-state index contributed by atoms with van der Waals surface area (Å²) in [4.78, 5) is 4.72. The molecule has 0 N–H and O–H groups in total. The van der Waals surface area contributed by atoms with E-state index in [-0.39, 0.29) is 0 Å². The van der Waals surface area contributed by atoms with Gasteiger partial charge in [-0.25, -0.2) is 0 Å². The van der Waals surface area contributed by atoms with Crippen molar-refractivity contribution in [3.8, 4) is 6.07 Å². The highest BCUT2D eigenvalue weighted by atomic mass is 15.2. The molecule has 1 rings (SSSR count). The van der Waals surface area contributed by atoms with E-state index in [4.69, 9.17) is 5.26 Å². The van der Waals surface area contributed by atoms with Crippen molar-refractivity contribution in [2.24, 2.45) is 0 Å². The van der Waals surface area contributed by atoms with E-state index in [1.54, 1.807) is 0 Å². The molecule has 1 aliphatic heterocycles. The van der Waals surface area contributed by atoms with Crippen molar-refractivity contribution in [1.82, 2.24) is 9.80 Å². The average Bonchev–Trinajstić information content (AvgIpc) is 2.33. The van der Waals surface area contributed by atoms with E-state index in [1.165, 1.54) is 6.42 Å². The Hall–Kier alpha value is -0.850. The Bertz CT molecular complexity index is 244. The van der Waals surface area contributed by atoms with Gasteiger partial charge in [0.15, 0.2) is 0 Å². The first kappa shape index (κ1) is 12.2. The van der Waals surface area contributed by atoms with Gasteiger partial charge in [-0.15, -0.1) is 6.58 Å². The Morgan fingerprint density at radius 2 is 2.33 bits per heavy atom. The van der Waals surface area contributed by atoms with Gasteiger partial charge in [-0.3, -0.25) is 4.90 Å². The lowest BCUT2D eigenvalue weighted by Gasteiger charge is -2.32. The molecule has 3 heteroatoms. The van der Waals surface area contributed by atoms with Crippen LogP contribution in [0.4, 0.5) is 0 Å². The number of likely N-dealkylation sites (N-methyl/N-ethyl adjacent to an activating group) is 1. The van der Waals surface area contributed by atoms with Crippen molar-refractivity contribution in [1.29, 1.82) is 5.26 Å². The third kappa shape index (κ3) is 3.33. The summed E-state index contributed by atoms with van der Waals surface area (Å²) < 4.78 is 0. The minimum Gasteiger partial charge on any atom is -0.305 e. The lowest BCUT2D eigenvalue weighted by Crippen LogP contribution is -2.43. The van der Waals surface area contributed by atoms with Crippen LogP contribution < -0.4 is 0 Å². The smallest absolute Gasteiger partial charge is 0.0638 e. The topological polar surface area (TPSA) is 30.3 Å². The molecule has 84 valence electrons. The Labute approximate surface area is 93.0 Å². The van der Waals surface area contributed by atoms with Gasteiger partial charge in [0.1, 0.15) is 0 Å². The number of nitriles is 1. The zero-order valence-corrected chi connectivity index (χ0v) is 9.82. The maximum absolute atomic E-state index is 8.85. The summed E-state index contributed by atoms with van der Waals surface area (Å²) in [7, 11) is 2.13. The van der Waals surface area contributed by atoms with Crippen LogP contribution in [0.1, 0.15) is 19.8 Å². The quantitative estimate of drug-likeness (QED) is 0.657. The first-order valence-electron chi connectivity index (χ1n) is 5.61. The molecule has 1 saturated heterocycles. The zero-order chi connectivity index (χ0) is 11.3. The van der Waals surface area contributed by atoms with Gasteiger partial charge in [0.05, 0.1) is 12.5 Å². The van der Waals surface area contributed by atoms with E-state index in [0.29, 0.717) is 18.5 Å². The van der Waals surface area contributed by atoms with Crippen molar-refractivity contribution in [2.75, 3.05) is 26.7 Å². The lowest BCUT2D eigenvalue weighted by molar-refractivity contribution is 0.164. The Balaban J connectivity index is 2.73. The maximum atomic E-state index is 8.85. The average molecular weight is 207 g/mol. The first-order chi connectivity index (χ1) is 7.19. The maximum Gasteiger partial charge on any atom is 0.0638 e. The Morgan fingerprint density at radius 1 is 1.60 bits per heavy atom. The number of nitrogens with zero attached hydrogens (tertiary/aromatic N) is 3. The molecule has 1 heterocycles. The van der Waals surface area contributed by atoms with E-state index in [9.17, 15) is 0 Å². The van der Waals surface area contributed by atoms with E-state index in [1.807, 2.05) is 6.08 Å². The minimum absolute atomic E-state index is 0.357. The van der Waals surface area contributed by atoms with Crippen LogP contribution in [-0.2, 0) is 0 Å². The van der Waals surface area contributed by atoms with Crippen molar-refractivity contribution in [2.45, 2.75) is 31.8 Å². The van der Waals surface area contributed by atoms with Crippen molar-refractivity contribution in [3.05, 3.63) is 12.7 Å². The van der Waals surface area contributed by atoms with Crippen LogP contribution in [0.15, 0.2) is 12.7 Å². The summed E-state index contributed by atoms with van der Waals surface area (Å²) in [6.07, 6.45) is 3.72. The largest absolute Gasteiger partial charge is 0.305 e. The third-order valence-electron chi connectivity index (χ3n) is 3.15. The molecule has 1 aliphatic rings. The SMILES string of the molecule is C=CCN1C(C)CCN(C)CC1CC#N. The van der Waals surface area contributed by atoms with Crippen LogP contribution in [0.2, 0.25) is 0 Å². The number of hydrogen-bond acceptors (Lipinski definition) is 3. The second-order valence-electron chi connectivity index (χ2n) is 4.40. The Morgan fingerprint density at radius 3 is 2.93 bits per heavy atom. The number of rotatable bonds is 3. The predicted octanol–water partition coefficient (Wildman–Crippen LogP) is 1.48. The highest BCUT2D eigenvalue weighted by Crippen LogP contribution is 2.17. The molecule has 15 heavy (non-hydrogen) atoms. The van der Waals surface area contributed by atoms with Crippen molar-refractivity contribution in [3.63, 3.8) is 0 Å². The summed E-state index contributed by atoms with van der Waals surface area (Å²) in [5, 5.41) is 8.85. The second-order valence-corrected chi connectivity index (χ2v) is 4.40. The highest BCUT2D eigenvalue weighted by molar-refractivity contribution is 4.92. The van der Waals surface area contributed by atoms with E-state index < -0.39 is 0 Å². The van der Waals surface area contributed by atoms with Crippen LogP contribution in [0, 0.1) is 11.3 Å². The molecular formula is C12H21N3. The molecule has 0 bridgehead atoms. The lowest BCUT2D eigenvalue weighted by atomic mass is 10.1. The van der Waals surface area contributed by atoms with Gasteiger partial charge in [0, 0.05) is 25.2 Å². The van der Waals surface area contributed by atoms with Gasteiger partial charge in [-0.1, -0.05) is 6.08 Å². The van der Waals surface area contributed by atoms with Crippen LogP contribution in [0.3, 0.4) is 0 Å². The second kappa shape index (κ2) is 5.89. The summed E-state index contributed by atoms with van der Waals surface area (Å²) in [5.41, 5.74) is 0. The van der Waals surface area contributed by atoms with Gasteiger partial charge >= 0.3 is 0 Å². The molecular weight excluding hydrogens is 186 g/mol. The highest BCUT2D eigenvalue weighted by Gasteiger charge is 2.26. The predicted molar refractivity (Wildman–Crippen MR) is 62.5 cm³/mol. The van der Waals surface area contributed by atoms with Crippen LogP contribution in [0.5, 0.6) is 0 Å². The Kier molecular flexibility index (Phi) is 4.80. The zero-order valence-electron chi connectivity index (χ0n) is 9.82. The van der Waals surface area contributed by atoms with Gasteiger partial charge in [0.25, 0.3) is 0 Å². The minimum atomic E-state index is 0.357. The van der Waals surface area contributed by atoms with Crippen molar-refractivity contribution >= 4 is 0 Å². The monoisotopic (exact) mass is 207 g/mol. The molecule has 1 fully saturated rings. The summed E-state index contributed by atoms with van der Waals surface area (Å²) in [6.45, 7) is 9.04.